The van der Waals surface area contributed by atoms with Crippen LogP contribution in [0.1, 0.15) is 38.7 Å². The molecule has 0 bridgehead atoms. The highest BCUT2D eigenvalue weighted by atomic mass is 16.5. The van der Waals surface area contributed by atoms with Crippen molar-refractivity contribution in [1.29, 1.82) is 0 Å². The van der Waals surface area contributed by atoms with E-state index in [9.17, 15) is 0 Å². The lowest BCUT2D eigenvalue weighted by Gasteiger charge is -2.24. The van der Waals surface area contributed by atoms with E-state index in [2.05, 4.69) is 31.7 Å². The lowest BCUT2D eigenvalue weighted by molar-refractivity contribution is 0.397. The summed E-state index contributed by atoms with van der Waals surface area (Å²) >= 11 is 0. The van der Waals surface area contributed by atoms with E-state index < -0.39 is 0 Å². The number of rotatable bonds is 8. The number of aromatic nitrogens is 1. The maximum Gasteiger partial charge on any atom is 0.132 e. The second kappa shape index (κ2) is 8.04. The molecule has 0 saturated heterocycles. The summed E-state index contributed by atoms with van der Waals surface area (Å²) in [6.45, 7) is 8.62. The highest BCUT2D eigenvalue weighted by Gasteiger charge is 2.14. The van der Waals surface area contributed by atoms with Gasteiger partial charge in [-0.15, -0.1) is 0 Å². The van der Waals surface area contributed by atoms with Crippen molar-refractivity contribution in [3.8, 4) is 11.5 Å². The van der Waals surface area contributed by atoms with Gasteiger partial charge in [-0.05, 0) is 31.4 Å². The molecule has 4 heteroatoms. The average Bonchev–Trinajstić information content (AvgIpc) is 2.57. The van der Waals surface area contributed by atoms with Crippen LogP contribution in [0.2, 0.25) is 0 Å². The summed E-state index contributed by atoms with van der Waals surface area (Å²) in [4.78, 5) is 7.27. The first-order valence-electron chi connectivity index (χ1n) is 8.42. The van der Waals surface area contributed by atoms with Gasteiger partial charge in [-0.25, -0.2) is 4.98 Å². The molecule has 0 saturated carbocycles. The zero-order chi connectivity index (χ0) is 16.8. The fourth-order valence-corrected chi connectivity index (χ4v) is 2.88. The van der Waals surface area contributed by atoms with Crippen LogP contribution in [0.25, 0.3) is 10.9 Å². The molecule has 0 fully saturated rings. The van der Waals surface area contributed by atoms with Gasteiger partial charge in [-0.1, -0.05) is 20.3 Å². The molecular weight excluding hydrogens is 288 g/mol. The molecule has 0 radical (unpaired) electrons. The summed E-state index contributed by atoms with van der Waals surface area (Å²) < 4.78 is 10.9. The van der Waals surface area contributed by atoms with Crippen LogP contribution in [0.3, 0.4) is 0 Å². The molecule has 2 aromatic rings. The normalized spacial score (nSPS) is 10.8. The Hall–Kier alpha value is -1.97. The van der Waals surface area contributed by atoms with Crippen molar-refractivity contribution in [2.75, 3.05) is 32.2 Å². The Balaban J connectivity index is 2.53. The minimum absolute atomic E-state index is 0.772. The molecule has 4 nitrogen and oxygen atoms in total. The van der Waals surface area contributed by atoms with E-state index in [1.165, 1.54) is 18.4 Å². The van der Waals surface area contributed by atoms with Crippen molar-refractivity contribution < 1.29 is 9.47 Å². The zero-order valence-electron chi connectivity index (χ0n) is 15.0. The molecule has 0 amide bonds. The molecule has 2 rings (SSSR count). The maximum atomic E-state index is 5.53. The third-order valence-corrected chi connectivity index (χ3v) is 4.08. The number of ether oxygens (including phenoxy) is 2. The highest BCUT2D eigenvalue weighted by molar-refractivity contribution is 5.91. The van der Waals surface area contributed by atoms with Crippen molar-refractivity contribution in [2.24, 2.45) is 0 Å². The van der Waals surface area contributed by atoms with Crippen LogP contribution < -0.4 is 14.4 Å². The summed E-state index contributed by atoms with van der Waals surface area (Å²) in [5.41, 5.74) is 2.11. The van der Waals surface area contributed by atoms with Gasteiger partial charge in [0.1, 0.15) is 17.3 Å². The van der Waals surface area contributed by atoms with Crippen LogP contribution in [0.15, 0.2) is 18.2 Å². The molecule has 1 aromatic heterocycles. The summed E-state index contributed by atoms with van der Waals surface area (Å²) in [5, 5.41) is 1.06. The molecule has 0 aliphatic rings. The van der Waals surface area contributed by atoms with E-state index in [-0.39, 0.29) is 0 Å². The number of methoxy groups -OCH3 is 2. The second-order valence-corrected chi connectivity index (χ2v) is 5.86. The molecule has 0 atom stereocenters. The molecule has 23 heavy (non-hydrogen) atoms. The third kappa shape index (κ3) is 3.87. The second-order valence-electron chi connectivity index (χ2n) is 5.86. The Kier molecular flexibility index (Phi) is 6.08. The SMILES string of the molecule is CCCCN(CCC)c1cc(C)c2c(OC)cc(OC)cc2n1. The fraction of sp³-hybridized carbons (Fsp3) is 0.526. The lowest BCUT2D eigenvalue weighted by atomic mass is 10.1. The van der Waals surface area contributed by atoms with Gasteiger partial charge in [0.15, 0.2) is 0 Å². The van der Waals surface area contributed by atoms with E-state index in [0.29, 0.717) is 0 Å². The van der Waals surface area contributed by atoms with Crippen molar-refractivity contribution in [3.05, 3.63) is 23.8 Å². The topological polar surface area (TPSA) is 34.6 Å². The Morgan fingerprint density at radius 2 is 1.78 bits per heavy atom. The monoisotopic (exact) mass is 316 g/mol. The lowest BCUT2D eigenvalue weighted by Crippen LogP contribution is -2.26. The molecule has 0 spiro atoms. The summed E-state index contributed by atoms with van der Waals surface area (Å²) in [6.07, 6.45) is 3.48. The predicted molar refractivity (Wildman–Crippen MR) is 97.0 cm³/mol. The van der Waals surface area contributed by atoms with E-state index in [1.807, 2.05) is 12.1 Å². The smallest absolute Gasteiger partial charge is 0.132 e. The van der Waals surface area contributed by atoms with Gasteiger partial charge in [0.2, 0.25) is 0 Å². The minimum Gasteiger partial charge on any atom is -0.497 e. The quantitative estimate of drug-likeness (QED) is 0.714. The van der Waals surface area contributed by atoms with Gasteiger partial charge < -0.3 is 14.4 Å². The molecular formula is C19H28N2O2. The number of pyridine rings is 1. The highest BCUT2D eigenvalue weighted by Crippen LogP contribution is 2.34. The maximum absolute atomic E-state index is 5.53. The Bertz CT molecular complexity index is 655. The Labute approximate surface area is 139 Å². The number of fused-ring (bicyclic) bond motifs is 1. The van der Waals surface area contributed by atoms with E-state index in [1.54, 1.807) is 14.2 Å². The van der Waals surface area contributed by atoms with Gasteiger partial charge in [-0.3, -0.25) is 0 Å². The molecule has 0 unspecified atom stereocenters. The molecule has 1 heterocycles. The van der Waals surface area contributed by atoms with Crippen LogP contribution in [-0.2, 0) is 0 Å². The van der Waals surface area contributed by atoms with Crippen LogP contribution in [0.4, 0.5) is 5.82 Å². The molecule has 0 aliphatic carbocycles. The third-order valence-electron chi connectivity index (χ3n) is 4.08. The van der Waals surface area contributed by atoms with Crippen molar-refractivity contribution in [1.82, 2.24) is 4.98 Å². The molecule has 0 aliphatic heterocycles. The van der Waals surface area contributed by atoms with Crippen LogP contribution in [-0.4, -0.2) is 32.3 Å². The minimum atomic E-state index is 0.772. The number of hydrogen-bond acceptors (Lipinski definition) is 4. The zero-order valence-corrected chi connectivity index (χ0v) is 15.0. The first-order chi connectivity index (χ1) is 11.1. The number of benzene rings is 1. The number of nitrogens with zero attached hydrogens (tertiary/aromatic N) is 2. The van der Waals surface area contributed by atoms with Crippen molar-refractivity contribution in [3.63, 3.8) is 0 Å². The van der Waals surface area contributed by atoms with Gasteiger partial charge in [-0.2, -0.15) is 0 Å². The molecule has 1 aromatic carbocycles. The predicted octanol–water partition coefficient (Wildman–Crippen LogP) is 4.58. The first kappa shape index (κ1) is 17.4. The van der Waals surface area contributed by atoms with Crippen LogP contribution in [0, 0.1) is 6.92 Å². The summed E-state index contributed by atoms with van der Waals surface area (Å²) in [6, 6.07) is 6.07. The molecule has 126 valence electrons. The Morgan fingerprint density at radius 3 is 2.39 bits per heavy atom. The fourth-order valence-electron chi connectivity index (χ4n) is 2.88. The van der Waals surface area contributed by atoms with Gasteiger partial charge in [0.05, 0.1) is 19.7 Å². The van der Waals surface area contributed by atoms with Crippen molar-refractivity contribution in [2.45, 2.75) is 40.0 Å². The number of aryl methyl sites for hydroxylation is 1. The number of hydrogen-bond donors (Lipinski definition) is 0. The average molecular weight is 316 g/mol. The van der Waals surface area contributed by atoms with Crippen LogP contribution >= 0.6 is 0 Å². The van der Waals surface area contributed by atoms with Gasteiger partial charge in [0.25, 0.3) is 0 Å². The Morgan fingerprint density at radius 1 is 1.00 bits per heavy atom. The summed E-state index contributed by atoms with van der Waals surface area (Å²) in [5.74, 6) is 2.63. The number of unbranched alkanes of at least 4 members (excludes halogenated alkanes) is 1. The number of anilines is 1. The first-order valence-corrected chi connectivity index (χ1v) is 8.42. The summed E-state index contributed by atoms with van der Waals surface area (Å²) in [7, 11) is 3.36. The van der Waals surface area contributed by atoms with E-state index >= 15 is 0 Å². The molecule has 0 N–H and O–H groups in total. The van der Waals surface area contributed by atoms with E-state index in [4.69, 9.17) is 14.5 Å². The van der Waals surface area contributed by atoms with Crippen molar-refractivity contribution >= 4 is 16.7 Å². The largest absolute Gasteiger partial charge is 0.497 e. The standard InChI is InChI=1S/C19H28N2O2/c1-6-8-10-21(9-7-2)18-11-14(3)19-16(20-18)12-15(22-4)13-17(19)23-5/h11-13H,6-10H2,1-5H3. The van der Waals surface area contributed by atoms with Gasteiger partial charge >= 0.3 is 0 Å². The van der Waals surface area contributed by atoms with E-state index in [0.717, 1.165) is 47.7 Å². The van der Waals surface area contributed by atoms with Crippen LogP contribution in [0.5, 0.6) is 11.5 Å². The van der Waals surface area contributed by atoms with Gasteiger partial charge in [0, 0.05) is 30.6 Å².